The van der Waals surface area contributed by atoms with Crippen LogP contribution in [0.25, 0.3) is 0 Å². The van der Waals surface area contributed by atoms with Crippen molar-refractivity contribution in [2.24, 2.45) is 0 Å². The van der Waals surface area contributed by atoms with Gasteiger partial charge in [0.15, 0.2) is 0 Å². The Morgan fingerprint density at radius 3 is 2.90 bits per heavy atom. The summed E-state index contributed by atoms with van der Waals surface area (Å²) >= 11 is 3.54. The highest BCUT2D eigenvalue weighted by molar-refractivity contribution is 9.10. The van der Waals surface area contributed by atoms with Crippen molar-refractivity contribution in [1.29, 1.82) is 0 Å². The molecule has 1 heterocycles. The first-order valence-electron chi connectivity index (χ1n) is 7.84. The number of nitrogens with zero attached hydrogens (tertiary/aromatic N) is 1. The standard InChI is InChI=1S/C17H25BrN2/c1-2-10-20-17(15-11-16(18)13-19-12-15)14-8-6-4-3-5-7-9-14/h8,11-13,17,20H,2-7,9-10H2,1H3/b14-8+. The van der Waals surface area contributed by atoms with Gasteiger partial charge in [0.05, 0.1) is 6.04 Å². The molecule has 1 N–H and O–H groups in total. The molecule has 1 atom stereocenters. The van der Waals surface area contributed by atoms with Crippen LogP contribution >= 0.6 is 15.9 Å². The third-order valence-electron chi connectivity index (χ3n) is 3.85. The molecule has 110 valence electrons. The Morgan fingerprint density at radius 2 is 2.10 bits per heavy atom. The molecule has 2 nitrogen and oxygen atoms in total. The first-order chi connectivity index (χ1) is 9.81. The van der Waals surface area contributed by atoms with Crippen LogP contribution in [0.3, 0.4) is 0 Å². The zero-order chi connectivity index (χ0) is 14.2. The van der Waals surface area contributed by atoms with E-state index >= 15 is 0 Å². The number of rotatable bonds is 5. The van der Waals surface area contributed by atoms with E-state index in [0.29, 0.717) is 6.04 Å². The van der Waals surface area contributed by atoms with E-state index in [0.717, 1.165) is 17.4 Å². The fourth-order valence-corrected chi connectivity index (χ4v) is 3.20. The largest absolute Gasteiger partial charge is 0.306 e. The molecule has 0 amide bonds. The van der Waals surface area contributed by atoms with Crippen LogP contribution in [-0.2, 0) is 0 Å². The van der Waals surface area contributed by atoms with E-state index in [4.69, 9.17) is 0 Å². The zero-order valence-electron chi connectivity index (χ0n) is 12.4. The van der Waals surface area contributed by atoms with Gasteiger partial charge in [-0.3, -0.25) is 4.98 Å². The number of hydrogen-bond donors (Lipinski definition) is 1. The van der Waals surface area contributed by atoms with Crippen molar-refractivity contribution in [2.75, 3.05) is 6.54 Å². The fraction of sp³-hybridized carbons (Fsp3) is 0.588. The van der Waals surface area contributed by atoms with Crippen molar-refractivity contribution in [3.63, 3.8) is 0 Å². The third kappa shape index (κ3) is 4.71. The number of allylic oxidation sites excluding steroid dienone is 1. The molecule has 0 spiro atoms. The summed E-state index contributed by atoms with van der Waals surface area (Å²) in [5, 5.41) is 3.70. The van der Waals surface area contributed by atoms with Crippen LogP contribution in [0.2, 0.25) is 0 Å². The van der Waals surface area contributed by atoms with Gasteiger partial charge in [-0.15, -0.1) is 0 Å². The molecule has 1 aliphatic carbocycles. The number of hydrogen-bond acceptors (Lipinski definition) is 2. The van der Waals surface area contributed by atoms with Gasteiger partial charge in [0.1, 0.15) is 0 Å². The third-order valence-corrected chi connectivity index (χ3v) is 4.29. The number of halogens is 1. The fourth-order valence-electron chi connectivity index (χ4n) is 2.82. The zero-order valence-corrected chi connectivity index (χ0v) is 14.0. The van der Waals surface area contributed by atoms with Crippen molar-refractivity contribution in [3.05, 3.63) is 40.1 Å². The van der Waals surface area contributed by atoms with Gasteiger partial charge >= 0.3 is 0 Å². The Morgan fingerprint density at radius 1 is 1.25 bits per heavy atom. The summed E-state index contributed by atoms with van der Waals surface area (Å²) in [5.41, 5.74) is 2.83. The van der Waals surface area contributed by atoms with Crippen LogP contribution in [0.4, 0.5) is 0 Å². The van der Waals surface area contributed by atoms with E-state index < -0.39 is 0 Å². The van der Waals surface area contributed by atoms with Crippen LogP contribution in [0, 0.1) is 0 Å². The van der Waals surface area contributed by atoms with Gasteiger partial charge in [0, 0.05) is 16.9 Å². The van der Waals surface area contributed by atoms with E-state index in [-0.39, 0.29) is 0 Å². The Hall–Kier alpha value is -0.670. The average molecular weight is 337 g/mol. The minimum Gasteiger partial charge on any atom is -0.306 e. The lowest BCUT2D eigenvalue weighted by molar-refractivity contribution is 0.539. The van der Waals surface area contributed by atoms with Crippen LogP contribution in [0.15, 0.2) is 34.6 Å². The molecular weight excluding hydrogens is 312 g/mol. The van der Waals surface area contributed by atoms with Crippen LogP contribution < -0.4 is 5.32 Å². The SMILES string of the molecule is CCCNC(/C1=C/CCCCCC1)c1cncc(Br)c1. The molecule has 3 heteroatoms. The van der Waals surface area contributed by atoms with E-state index in [1.165, 1.54) is 44.1 Å². The minimum absolute atomic E-state index is 0.332. The molecule has 0 fully saturated rings. The summed E-state index contributed by atoms with van der Waals surface area (Å²) in [4.78, 5) is 4.34. The van der Waals surface area contributed by atoms with Gasteiger partial charge in [0.25, 0.3) is 0 Å². The van der Waals surface area contributed by atoms with Gasteiger partial charge in [-0.2, -0.15) is 0 Å². The van der Waals surface area contributed by atoms with Gasteiger partial charge in [-0.25, -0.2) is 0 Å². The highest BCUT2D eigenvalue weighted by Gasteiger charge is 2.17. The molecule has 2 rings (SSSR count). The van der Waals surface area contributed by atoms with E-state index in [9.17, 15) is 0 Å². The molecule has 0 aliphatic heterocycles. The molecule has 0 saturated carbocycles. The molecule has 20 heavy (non-hydrogen) atoms. The van der Waals surface area contributed by atoms with E-state index in [2.05, 4.69) is 45.3 Å². The summed E-state index contributed by atoms with van der Waals surface area (Å²) in [6.45, 7) is 3.27. The molecule has 1 aromatic heterocycles. The van der Waals surface area contributed by atoms with Crippen molar-refractivity contribution >= 4 is 15.9 Å². The summed E-state index contributed by atoms with van der Waals surface area (Å²) in [5.74, 6) is 0. The maximum atomic E-state index is 4.34. The lowest BCUT2D eigenvalue weighted by atomic mass is 9.91. The molecule has 1 aliphatic rings. The van der Waals surface area contributed by atoms with Gasteiger partial charge < -0.3 is 5.32 Å². The second-order valence-corrected chi connectivity index (χ2v) is 6.47. The Labute approximate surface area is 131 Å². The van der Waals surface area contributed by atoms with Gasteiger partial charge in [-0.1, -0.05) is 31.4 Å². The average Bonchev–Trinajstić information content (AvgIpc) is 2.41. The summed E-state index contributed by atoms with van der Waals surface area (Å²) in [7, 11) is 0. The number of nitrogens with one attached hydrogen (secondary N) is 1. The second-order valence-electron chi connectivity index (χ2n) is 5.56. The predicted octanol–water partition coefficient (Wildman–Crippen LogP) is 5.17. The highest BCUT2D eigenvalue weighted by Crippen LogP contribution is 2.29. The predicted molar refractivity (Wildman–Crippen MR) is 88.8 cm³/mol. The summed E-state index contributed by atoms with van der Waals surface area (Å²) < 4.78 is 1.06. The number of pyridine rings is 1. The number of aromatic nitrogens is 1. The van der Waals surface area contributed by atoms with Crippen molar-refractivity contribution in [1.82, 2.24) is 10.3 Å². The van der Waals surface area contributed by atoms with E-state index in [1.807, 2.05) is 12.4 Å². The van der Waals surface area contributed by atoms with Crippen LogP contribution in [0.5, 0.6) is 0 Å². The summed E-state index contributed by atoms with van der Waals surface area (Å²) in [6, 6.07) is 2.53. The molecule has 0 saturated heterocycles. The highest BCUT2D eigenvalue weighted by atomic mass is 79.9. The second kappa shape index (κ2) is 8.58. The van der Waals surface area contributed by atoms with E-state index in [1.54, 1.807) is 5.57 Å². The maximum absolute atomic E-state index is 4.34. The van der Waals surface area contributed by atoms with Crippen LogP contribution in [0.1, 0.15) is 63.5 Å². The lowest BCUT2D eigenvalue weighted by Gasteiger charge is -2.24. The molecular formula is C17H25BrN2. The summed E-state index contributed by atoms with van der Waals surface area (Å²) in [6.07, 6.45) is 15.3. The van der Waals surface area contributed by atoms with Gasteiger partial charge in [0.2, 0.25) is 0 Å². The van der Waals surface area contributed by atoms with Crippen molar-refractivity contribution < 1.29 is 0 Å². The molecule has 1 unspecified atom stereocenters. The topological polar surface area (TPSA) is 24.9 Å². The Bertz CT molecular complexity index is 442. The first-order valence-corrected chi connectivity index (χ1v) is 8.63. The molecule has 0 bridgehead atoms. The van der Waals surface area contributed by atoms with Crippen molar-refractivity contribution in [2.45, 2.75) is 57.9 Å². The minimum atomic E-state index is 0.332. The molecule has 0 aromatic carbocycles. The molecule has 1 aromatic rings. The monoisotopic (exact) mass is 336 g/mol. The quantitative estimate of drug-likeness (QED) is 0.750. The normalized spacial score (nSPS) is 20.6. The van der Waals surface area contributed by atoms with Gasteiger partial charge in [-0.05, 0) is 66.2 Å². The lowest BCUT2D eigenvalue weighted by Crippen LogP contribution is -2.24. The smallest absolute Gasteiger partial charge is 0.0551 e. The van der Waals surface area contributed by atoms with Crippen molar-refractivity contribution in [3.8, 4) is 0 Å². The Kier molecular flexibility index (Phi) is 6.74. The maximum Gasteiger partial charge on any atom is 0.0551 e. The van der Waals surface area contributed by atoms with Crippen LogP contribution in [-0.4, -0.2) is 11.5 Å². The first kappa shape index (κ1) is 15.7. The Balaban J connectivity index is 2.21. The molecule has 0 radical (unpaired) electrons.